The van der Waals surface area contributed by atoms with E-state index in [0.29, 0.717) is 12.6 Å². The maximum atomic E-state index is 12.6. The first-order valence-electron chi connectivity index (χ1n) is 8.74. The molecule has 6 heteroatoms. The molecule has 0 saturated carbocycles. The van der Waals surface area contributed by atoms with E-state index in [9.17, 15) is 4.79 Å². The Morgan fingerprint density at radius 1 is 1.26 bits per heavy atom. The molecule has 0 radical (unpaired) electrons. The van der Waals surface area contributed by atoms with Crippen molar-refractivity contribution in [2.45, 2.75) is 45.8 Å². The molecule has 2 aliphatic rings. The lowest BCUT2D eigenvalue weighted by Crippen LogP contribution is -2.39. The lowest BCUT2D eigenvalue weighted by atomic mass is 10.2. The van der Waals surface area contributed by atoms with Crippen LogP contribution < -0.4 is 0 Å². The van der Waals surface area contributed by atoms with Gasteiger partial charge >= 0.3 is 0 Å². The number of aryl methyl sites for hydroxylation is 2. The van der Waals surface area contributed by atoms with Crippen molar-refractivity contribution in [2.75, 3.05) is 39.3 Å². The lowest BCUT2D eigenvalue weighted by molar-refractivity contribution is -0.131. The van der Waals surface area contributed by atoms with Gasteiger partial charge in [-0.05, 0) is 45.7 Å². The average molecular weight is 320 g/mol. The SMILES string of the molecule is Cc1cc(C)n(CC(=O)N2CCCN(CC3CCCO3)CC2)n1. The summed E-state index contributed by atoms with van der Waals surface area (Å²) in [6, 6.07) is 2.01. The van der Waals surface area contributed by atoms with E-state index < -0.39 is 0 Å². The summed E-state index contributed by atoms with van der Waals surface area (Å²) in [5.74, 6) is 0.176. The molecule has 2 saturated heterocycles. The Hall–Kier alpha value is -1.40. The molecule has 1 amide bonds. The summed E-state index contributed by atoms with van der Waals surface area (Å²) < 4.78 is 7.54. The summed E-state index contributed by atoms with van der Waals surface area (Å²) >= 11 is 0. The van der Waals surface area contributed by atoms with Crippen LogP contribution in [0.3, 0.4) is 0 Å². The van der Waals surface area contributed by atoms with Gasteiger partial charge in [0.15, 0.2) is 0 Å². The monoisotopic (exact) mass is 320 g/mol. The first-order chi connectivity index (χ1) is 11.1. The van der Waals surface area contributed by atoms with Crippen molar-refractivity contribution < 1.29 is 9.53 Å². The second-order valence-corrected chi connectivity index (χ2v) is 6.75. The molecule has 3 heterocycles. The minimum Gasteiger partial charge on any atom is -0.377 e. The van der Waals surface area contributed by atoms with E-state index in [4.69, 9.17) is 4.74 Å². The van der Waals surface area contributed by atoms with E-state index in [1.165, 1.54) is 12.8 Å². The molecule has 3 rings (SSSR count). The summed E-state index contributed by atoms with van der Waals surface area (Å²) in [5, 5.41) is 4.39. The Labute approximate surface area is 138 Å². The van der Waals surface area contributed by atoms with Crippen molar-refractivity contribution in [1.29, 1.82) is 0 Å². The first kappa shape index (κ1) is 16.5. The molecule has 1 aromatic rings. The fourth-order valence-corrected chi connectivity index (χ4v) is 3.54. The number of carbonyl (C=O) groups excluding carboxylic acids is 1. The molecule has 0 spiro atoms. The van der Waals surface area contributed by atoms with Crippen LogP contribution in [0, 0.1) is 13.8 Å². The van der Waals surface area contributed by atoms with Gasteiger partial charge in [-0.25, -0.2) is 0 Å². The van der Waals surface area contributed by atoms with Crippen LogP contribution in [0.2, 0.25) is 0 Å². The number of amides is 1. The van der Waals surface area contributed by atoms with Crippen molar-refractivity contribution >= 4 is 5.91 Å². The van der Waals surface area contributed by atoms with Gasteiger partial charge in [0, 0.05) is 38.5 Å². The predicted molar refractivity (Wildman–Crippen MR) is 88.3 cm³/mol. The Morgan fingerprint density at radius 3 is 2.83 bits per heavy atom. The van der Waals surface area contributed by atoms with Gasteiger partial charge < -0.3 is 9.64 Å². The summed E-state index contributed by atoms with van der Waals surface area (Å²) in [4.78, 5) is 17.0. The largest absolute Gasteiger partial charge is 0.377 e. The second-order valence-electron chi connectivity index (χ2n) is 6.75. The van der Waals surface area contributed by atoms with Crippen LogP contribution in [0.5, 0.6) is 0 Å². The normalized spacial score (nSPS) is 23.2. The minimum absolute atomic E-state index is 0.176. The zero-order chi connectivity index (χ0) is 16.2. The van der Waals surface area contributed by atoms with Crippen LogP contribution >= 0.6 is 0 Å². The number of hydrogen-bond acceptors (Lipinski definition) is 4. The van der Waals surface area contributed by atoms with Crippen LogP contribution in [-0.4, -0.2) is 70.9 Å². The predicted octanol–water partition coefficient (Wildman–Crippen LogP) is 1.21. The molecule has 2 aliphatic heterocycles. The maximum Gasteiger partial charge on any atom is 0.244 e. The second kappa shape index (κ2) is 7.45. The molecule has 0 N–H and O–H groups in total. The highest BCUT2D eigenvalue weighted by Crippen LogP contribution is 2.15. The van der Waals surface area contributed by atoms with E-state index >= 15 is 0 Å². The molecule has 0 bridgehead atoms. The molecule has 23 heavy (non-hydrogen) atoms. The van der Waals surface area contributed by atoms with Crippen molar-refractivity contribution in [3.8, 4) is 0 Å². The summed E-state index contributed by atoms with van der Waals surface area (Å²) in [6.45, 7) is 9.90. The third-order valence-electron chi connectivity index (χ3n) is 4.82. The molecule has 128 valence electrons. The first-order valence-corrected chi connectivity index (χ1v) is 8.74. The van der Waals surface area contributed by atoms with E-state index in [1.807, 2.05) is 29.5 Å². The molecule has 6 nitrogen and oxygen atoms in total. The summed E-state index contributed by atoms with van der Waals surface area (Å²) in [6.07, 6.45) is 3.80. The zero-order valence-corrected chi connectivity index (χ0v) is 14.3. The molecule has 2 fully saturated rings. The molecule has 1 unspecified atom stereocenters. The van der Waals surface area contributed by atoms with Crippen LogP contribution in [-0.2, 0) is 16.1 Å². The third kappa shape index (κ3) is 4.32. The quantitative estimate of drug-likeness (QED) is 0.837. The van der Waals surface area contributed by atoms with Crippen molar-refractivity contribution in [2.24, 2.45) is 0 Å². The van der Waals surface area contributed by atoms with Crippen molar-refractivity contribution in [1.82, 2.24) is 19.6 Å². The van der Waals surface area contributed by atoms with Gasteiger partial charge in [0.2, 0.25) is 5.91 Å². The highest BCUT2D eigenvalue weighted by Gasteiger charge is 2.23. The third-order valence-corrected chi connectivity index (χ3v) is 4.82. The van der Waals surface area contributed by atoms with Gasteiger partial charge in [0.1, 0.15) is 6.54 Å². The van der Waals surface area contributed by atoms with Gasteiger partial charge in [-0.1, -0.05) is 0 Å². The van der Waals surface area contributed by atoms with Gasteiger partial charge in [-0.3, -0.25) is 14.4 Å². The van der Waals surface area contributed by atoms with Crippen LogP contribution in [0.25, 0.3) is 0 Å². The number of nitrogens with zero attached hydrogens (tertiary/aromatic N) is 4. The van der Waals surface area contributed by atoms with Crippen molar-refractivity contribution in [3.63, 3.8) is 0 Å². The summed E-state index contributed by atoms with van der Waals surface area (Å²) in [7, 11) is 0. The van der Waals surface area contributed by atoms with Gasteiger partial charge in [-0.2, -0.15) is 5.10 Å². The number of hydrogen-bond donors (Lipinski definition) is 0. The number of carbonyl (C=O) groups is 1. The Kier molecular flexibility index (Phi) is 5.33. The standard InChI is InChI=1S/C17H28N4O2/c1-14-11-15(2)21(18-14)13-17(22)20-7-4-6-19(8-9-20)12-16-5-3-10-23-16/h11,16H,3-10,12-13H2,1-2H3. The molecular formula is C17H28N4O2. The van der Waals surface area contributed by atoms with E-state index in [1.54, 1.807) is 0 Å². The fourth-order valence-electron chi connectivity index (χ4n) is 3.54. The number of aromatic nitrogens is 2. The maximum absolute atomic E-state index is 12.6. The Balaban J connectivity index is 1.50. The molecule has 1 atom stereocenters. The van der Waals surface area contributed by atoms with Gasteiger partial charge in [0.25, 0.3) is 0 Å². The zero-order valence-electron chi connectivity index (χ0n) is 14.3. The molecule has 0 aromatic carbocycles. The van der Waals surface area contributed by atoms with E-state index in [0.717, 1.165) is 57.1 Å². The van der Waals surface area contributed by atoms with Gasteiger partial charge in [-0.15, -0.1) is 0 Å². The highest BCUT2D eigenvalue weighted by atomic mass is 16.5. The molecule has 1 aromatic heterocycles. The number of ether oxygens (including phenoxy) is 1. The number of rotatable bonds is 4. The van der Waals surface area contributed by atoms with Crippen molar-refractivity contribution in [3.05, 3.63) is 17.5 Å². The molecular weight excluding hydrogens is 292 g/mol. The average Bonchev–Trinajstić information content (AvgIpc) is 3.04. The fraction of sp³-hybridized carbons (Fsp3) is 0.765. The van der Waals surface area contributed by atoms with E-state index in [2.05, 4.69) is 10.00 Å². The van der Waals surface area contributed by atoms with Crippen LogP contribution in [0.15, 0.2) is 6.07 Å². The Morgan fingerprint density at radius 2 is 2.13 bits per heavy atom. The Bertz CT molecular complexity index is 537. The lowest BCUT2D eigenvalue weighted by Gasteiger charge is -2.24. The smallest absolute Gasteiger partial charge is 0.244 e. The summed E-state index contributed by atoms with van der Waals surface area (Å²) in [5.41, 5.74) is 2.01. The topological polar surface area (TPSA) is 50.6 Å². The van der Waals surface area contributed by atoms with Gasteiger partial charge in [0.05, 0.1) is 11.8 Å². The van der Waals surface area contributed by atoms with E-state index in [-0.39, 0.29) is 5.91 Å². The highest BCUT2D eigenvalue weighted by molar-refractivity contribution is 5.76. The van der Waals surface area contributed by atoms with Crippen LogP contribution in [0.4, 0.5) is 0 Å². The van der Waals surface area contributed by atoms with Crippen LogP contribution in [0.1, 0.15) is 30.7 Å². The minimum atomic E-state index is 0.176. The molecule has 0 aliphatic carbocycles.